The van der Waals surface area contributed by atoms with Crippen LogP contribution in [0.25, 0.3) is 0 Å². The molecular formula is C22H31N3O3. The number of hydrogen-bond acceptors (Lipinski definition) is 3. The third-order valence-corrected chi connectivity index (χ3v) is 6.09. The maximum absolute atomic E-state index is 13.1. The molecule has 152 valence electrons. The fourth-order valence-corrected chi connectivity index (χ4v) is 4.20. The van der Waals surface area contributed by atoms with Crippen LogP contribution in [0.2, 0.25) is 0 Å². The molecule has 3 rings (SSSR count). The second-order valence-electron chi connectivity index (χ2n) is 8.48. The van der Waals surface area contributed by atoms with Crippen molar-refractivity contribution in [1.29, 1.82) is 0 Å². The molecule has 0 bridgehead atoms. The molecule has 2 aliphatic heterocycles. The van der Waals surface area contributed by atoms with Gasteiger partial charge in [0, 0.05) is 39.3 Å². The second kappa shape index (κ2) is 8.76. The summed E-state index contributed by atoms with van der Waals surface area (Å²) in [6.45, 7) is 6.95. The van der Waals surface area contributed by atoms with Crippen LogP contribution < -0.4 is 0 Å². The van der Waals surface area contributed by atoms with E-state index in [1.807, 2.05) is 11.0 Å². The van der Waals surface area contributed by atoms with Crippen molar-refractivity contribution >= 4 is 18.2 Å². The van der Waals surface area contributed by atoms with Gasteiger partial charge in [0.2, 0.25) is 18.2 Å². The monoisotopic (exact) mass is 385 g/mol. The number of benzene rings is 1. The van der Waals surface area contributed by atoms with Crippen molar-refractivity contribution in [3.63, 3.8) is 0 Å². The molecule has 2 heterocycles. The third-order valence-electron chi connectivity index (χ3n) is 6.09. The molecule has 1 aromatic carbocycles. The zero-order chi connectivity index (χ0) is 20.1. The zero-order valence-corrected chi connectivity index (χ0v) is 17.0. The van der Waals surface area contributed by atoms with Crippen molar-refractivity contribution in [2.45, 2.75) is 33.1 Å². The number of nitrogens with zero attached hydrogens (tertiary/aromatic N) is 3. The van der Waals surface area contributed by atoms with Crippen LogP contribution >= 0.6 is 0 Å². The maximum atomic E-state index is 13.1. The molecule has 0 aliphatic carbocycles. The molecule has 6 nitrogen and oxygen atoms in total. The summed E-state index contributed by atoms with van der Waals surface area (Å²) < 4.78 is 0. The highest BCUT2D eigenvalue weighted by molar-refractivity contribution is 6.04. The van der Waals surface area contributed by atoms with E-state index >= 15 is 0 Å². The molecule has 1 aromatic rings. The van der Waals surface area contributed by atoms with Crippen LogP contribution in [0, 0.1) is 11.3 Å². The molecule has 0 aromatic heterocycles. The quantitative estimate of drug-likeness (QED) is 0.574. The summed E-state index contributed by atoms with van der Waals surface area (Å²) in [5.41, 5.74) is 0.285. The van der Waals surface area contributed by atoms with E-state index in [4.69, 9.17) is 0 Å². The number of rotatable bonds is 5. The molecule has 0 atom stereocenters. The molecule has 6 heteroatoms. The normalized spacial score (nSPS) is 18.9. The Labute approximate surface area is 167 Å². The van der Waals surface area contributed by atoms with E-state index in [0.717, 1.165) is 25.7 Å². The van der Waals surface area contributed by atoms with Crippen molar-refractivity contribution in [3.05, 3.63) is 35.9 Å². The number of piperidine rings is 1. The van der Waals surface area contributed by atoms with Crippen molar-refractivity contribution in [2.24, 2.45) is 11.3 Å². The highest BCUT2D eigenvalue weighted by Gasteiger charge is 2.43. The Morgan fingerprint density at radius 2 is 1.46 bits per heavy atom. The second-order valence-corrected chi connectivity index (χ2v) is 8.48. The summed E-state index contributed by atoms with van der Waals surface area (Å²) in [7, 11) is 0. The smallest absolute Gasteiger partial charge is 0.237 e. The van der Waals surface area contributed by atoms with Crippen LogP contribution in [0.15, 0.2) is 30.3 Å². The summed E-state index contributed by atoms with van der Waals surface area (Å²) in [5, 5.41) is 0. The zero-order valence-electron chi connectivity index (χ0n) is 17.0. The van der Waals surface area contributed by atoms with Gasteiger partial charge in [0.1, 0.15) is 5.41 Å². The first-order chi connectivity index (χ1) is 13.4. The lowest BCUT2D eigenvalue weighted by Gasteiger charge is -2.40. The summed E-state index contributed by atoms with van der Waals surface area (Å²) in [6.07, 6.45) is 3.82. The minimum Gasteiger partial charge on any atom is -0.342 e. The Morgan fingerprint density at radius 3 is 2.00 bits per heavy atom. The Balaban J connectivity index is 1.53. The SMILES string of the molecule is CC(C)(C(=O)N1CCC(Cc2ccccc2)CC1)C(=O)N1CCN(C=O)CC1. The van der Waals surface area contributed by atoms with Crippen molar-refractivity contribution in [1.82, 2.24) is 14.7 Å². The van der Waals surface area contributed by atoms with Gasteiger partial charge in [-0.05, 0) is 44.6 Å². The minimum absolute atomic E-state index is 0.0755. The topological polar surface area (TPSA) is 60.9 Å². The Bertz CT molecular complexity index is 688. The van der Waals surface area contributed by atoms with Gasteiger partial charge in [0.25, 0.3) is 0 Å². The van der Waals surface area contributed by atoms with E-state index in [0.29, 0.717) is 45.2 Å². The van der Waals surface area contributed by atoms with Crippen molar-refractivity contribution < 1.29 is 14.4 Å². The van der Waals surface area contributed by atoms with Gasteiger partial charge in [-0.25, -0.2) is 0 Å². The largest absolute Gasteiger partial charge is 0.342 e. The van der Waals surface area contributed by atoms with Crippen molar-refractivity contribution in [3.8, 4) is 0 Å². The van der Waals surface area contributed by atoms with Crippen LogP contribution in [0.4, 0.5) is 0 Å². The minimum atomic E-state index is -1.06. The van der Waals surface area contributed by atoms with E-state index in [-0.39, 0.29) is 11.8 Å². The number of carbonyl (C=O) groups excluding carboxylic acids is 3. The lowest BCUT2D eigenvalue weighted by molar-refractivity contribution is -0.156. The van der Waals surface area contributed by atoms with Gasteiger partial charge in [-0.3, -0.25) is 14.4 Å². The maximum Gasteiger partial charge on any atom is 0.237 e. The van der Waals surface area contributed by atoms with E-state index in [1.54, 1.807) is 23.6 Å². The average molecular weight is 386 g/mol. The van der Waals surface area contributed by atoms with E-state index in [9.17, 15) is 14.4 Å². The molecule has 0 N–H and O–H groups in total. The number of amides is 3. The van der Waals surface area contributed by atoms with Gasteiger partial charge in [-0.15, -0.1) is 0 Å². The number of hydrogen-bond donors (Lipinski definition) is 0. The molecular weight excluding hydrogens is 354 g/mol. The van der Waals surface area contributed by atoms with Crippen molar-refractivity contribution in [2.75, 3.05) is 39.3 Å². The molecule has 3 amide bonds. The van der Waals surface area contributed by atoms with Gasteiger partial charge in [-0.1, -0.05) is 30.3 Å². The molecule has 28 heavy (non-hydrogen) atoms. The van der Waals surface area contributed by atoms with Gasteiger partial charge < -0.3 is 14.7 Å². The first-order valence-corrected chi connectivity index (χ1v) is 10.2. The number of likely N-dealkylation sites (tertiary alicyclic amines) is 1. The summed E-state index contributed by atoms with van der Waals surface area (Å²) in [4.78, 5) is 42.2. The Morgan fingerprint density at radius 1 is 0.929 bits per heavy atom. The molecule has 0 radical (unpaired) electrons. The third kappa shape index (κ3) is 4.54. The predicted molar refractivity (Wildman–Crippen MR) is 107 cm³/mol. The fourth-order valence-electron chi connectivity index (χ4n) is 4.20. The van der Waals surface area contributed by atoms with Crippen LogP contribution in [-0.2, 0) is 20.8 Å². The lowest BCUT2D eigenvalue weighted by atomic mass is 9.86. The van der Waals surface area contributed by atoms with Crippen LogP contribution in [0.1, 0.15) is 32.3 Å². The van der Waals surface area contributed by atoms with Gasteiger partial charge in [-0.2, -0.15) is 0 Å². The lowest BCUT2D eigenvalue weighted by Crippen LogP contribution is -2.56. The first-order valence-electron chi connectivity index (χ1n) is 10.2. The summed E-state index contributed by atoms with van der Waals surface area (Å²) >= 11 is 0. The molecule has 0 unspecified atom stereocenters. The molecule has 2 fully saturated rings. The molecule has 0 saturated carbocycles. The van der Waals surface area contributed by atoms with Gasteiger partial charge in [0.05, 0.1) is 0 Å². The van der Waals surface area contributed by atoms with Crippen LogP contribution in [0.5, 0.6) is 0 Å². The van der Waals surface area contributed by atoms with Crippen LogP contribution in [-0.4, -0.2) is 72.2 Å². The Kier molecular flexibility index (Phi) is 6.37. The fraction of sp³-hybridized carbons (Fsp3) is 0.591. The standard InChI is InChI=1S/C22H31N3O3/c1-22(2,21(28)25-14-12-23(17-26)13-15-25)20(27)24-10-8-19(9-11-24)16-18-6-4-3-5-7-18/h3-7,17,19H,8-16H2,1-2H3. The highest BCUT2D eigenvalue weighted by Crippen LogP contribution is 2.28. The predicted octanol–water partition coefficient (Wildman–Crippen LogP) is 1.79. The van der Waals surface area contributed by atoms with E-state index in [2.05, 4.69) is 24.3 Å². The number of piperazine rings is 1. The molecule has 0 spiro atoms. The highest BCUT2D eigenvalue weighted by atomic mass is 16.2. The summed E-state index contributed by atoms with van der Waals surface area (Å²) in [6, 6.07) is 10.5. The molecule has 2 aliphatic rings. The van der Waals surface area contributed by atoms with Gasteiger partial charge in [0.15, 0.2) is 0 Å². The van der Waals surface area contributed by atoms with Gasteiger partial charge >= 0.3 is 0 Å². The first kappa shape index (κ1) is 20.4. The van der Waals surface area contributed by atoms with E-state index < -0.39 is 5.41 Å². The van der Waals surface area contributed by atoms with Crippen LogP contribution in [0.3, 0.4) is 0 Å². The molecule has 2 saturated heterocycles. The summed E-state index contributed by atoms with van der Waals surface area (Å²) in [5.74, 6) is 0.379. The van der Waals surface area contributed by atoms with E-state index in [1.165, 1.54) is 5.56 Å². The Hall–Kier alpha value is -2.37. The average Bonchev–Trinajstić information content (AvgIpc) is 2.74. The number of carbonyl (C=O) groups is 3.